The lowest BCUT2D eigenvalue weighted by molar-refractivity contribution is -0.136. The van der Waals surface area contributed by atoms with Crippen LogP contribution in [-0.2, 0) is 15.2 Å². The van der Waals surface area contributed by atoms with Gasteiger partial charge in [-0.2, -0.15) is 0 Å². The molecule has 6 heteroatoms. The third kappa shape index (κ3) is 4.57. The summed E-state index contributed by atoms with van der Waals surface area (Å²) in [6, 6.07) is 15.6. The van der Waals surface area contributed by atoms with Crippen molar-refractivity contribution in [2.24, 2.45) is 0 Å². The van der Waals surface area contributed by atoms with Crippen molar-refractivity contribution < 1.29 is 19.4 Å². The average Bonchev–Trinajstić information content (AvgIpc) is 2.60. The first-order chi connectivity index (χ1) is 11.4. The van der Waals surface area contributed by atoms with Crippen LogP contribution in [0.2, 0.25) is 0 Å². The molecular weight excluding hydrogens is 308 g/mol. The summed E-state index contributed by atoms with van der Waals surface area (Å²) in [5.41, 5.74) is -0.171. The summed E-state index contributed by atoms with van der Waals surface area (Å²) in [5.74, 6) is -1.07. The number of carbonyl (C=O) groups excluding carboxylic acids is 2. The molecule has 0 aromatic heterocycles. The summed E-state index contributed by atoms with van der Waals surface area (Å²) in [4.78, 5) is 23.8. The molecule has 24 heavy (non-hydrogen) atoms. The Labute approximate surface area is 140 Å². The topological polar surface area (TPSA) is 87.7 Å². The van der Waals surface area contributed by atoms with Gasteiger partial charge in [-0.1, -0.05) is 36.4 Å². The van der Waals surface area contributed by atoms with Crippen LogP contribution in [0, 0.1) is 0 Å². The van der Waals surface area contributed by atoms with Gasteiger partial charge in [-0.05, 0) is 24.6 Å². The lowest BCUT2D eigenvalue weighted by Crippen LogP contribution is -2.43. The molecule has 1 unspecified atom stereocenters. The molecule has 0 saturated heterocycles. The summed E-state index contributed by atoms with van der Waals surface area (Å²) >= 11 is 0. The third-order valence-electron chi connectivity index (χ3n) is 3.52. The maximum absolute atomic E-state index is 11.9. The SMILES string of the molecule is COc1cccc(NC(=O)C(=O)NCC(C)(O)c2ccccc2)c1. The fraction of sp³-hybridized carbons (Fsp3) is 0.222. The van der Waals surface area contributed by atoms with Crippen LogP contribution in [0.3, 0.4) is 0 Å². The van der Waals surface area contributed by atoms with E-state index in [1.54, 1.807) is 55.5 Å². The molecule has 2 aromatic rings. The van der Waals surface area contributed by atoms with E-state index >= 15 is 0 Å². The van der Waals surface area contributed by atoms with Crippen molar-refractivity contribution in [3.05, 3.63) is 60.2 Å². The van der Waals surface area contributed by atoms with Crippen molar-refractivity contribution in [3.8, 4) is 5.75 Å². The fourth-order valence-electron chi connectivity index (χ4n) is 2.12. The van der Waals surface area contributed by atoms with Crippen LogP contribution in [0.25, 0.3) is 0 Å². The highest BCUT2D eigenvalue weighted by Gasteiger charge is 2.25. The maximum atomic E-state index is 11.9. The third-order valence-corrected chi connectivity index (χ3v) is 3.52. The summed E-state index contributed by atoms with van der Waals surface area (Å²) < 4.78 is 5.05. The van der Waals surface area contributed by atoms with E-state index in [4.69, 9.17) is 4.74 Å². The molecule has 0 aliphatic carbocycles. The van der Waals surface area contributed by atoms with Gasteiger partial charge < -0.3 is 20.5 Å². The minimum Gasteiger partial charge on any atom is -0.497 e. The Morgan fingerprint density at radius 2 is 1.79 bits per heavy atom. The number of hydrogen-bond acceptors (Lipinski definition) is 4. The highest BCUT2D eigenvalue weighted by Crippen LogP contribution is 2.19. The Bertz CT molecular complexity index is 714. The molecular formula is C18H20N2O4. The largest absolute Gasteiger partial charge is 0.497 e. The van der Waals surface area contributed by atoms with Gasteiger partial charge in [-0.3, -0.25) is 9.59 Å². The lowest BCUT2D eigenvalue weighted by Gasteiger charge is -2.24. The Hall–Kier alpha value is -2.86. The molecule has 0 radical (unpaired) electrons. The number of ether oxygens (including phenoxy) is 1. The Balaban J connectivity index is 1.93. The molecule has 0 bridgehead atoms. The predicted octanol–water partition coefficient (Wildman–Crippen LogP) is 1.66. The molecule has 0 aliphatic rings. The molecule has 126 valence electrons. The summed E-state index contributed by atoms with van der Waals surface area (Å²) in [5, 5.41) is 15.3. The highest BCUT2D eigenvalue weighted by atomic mass is 16.5. The first-order valence-corrected chi connectivity index (χ1v) is 7.43. The monoisotopic (exact) mass is 328 g/mol. The number of benzene rings is 2. The van der Waals surface area contributed by atoms with Gasteiger partial charge in [-0.25, -0.2) is 0 Å². The van der Waals surface area contributed by atoms with Gasteiger partial charge in [0.15, 0.2) is 0 Å². The normalized spacial score (nSPS) is 12.8. The minimum atomic E-state index is -1.27. The molecule has 0 saturated carbocycles. The fourth-order valence-corrected chi connectivity index (χ4v) is 2.12. The zero-order chi connectivity index (χ0) is 17.6. The van der Waals surface area contributed by atoms with Crippen molar-refractivity contribution in [3.63, 3.8) is 0 Å². The Morgan fingerprint density at radius 1 is 1.08 bits per heavy atom. The van der Waals surface area contributed by atoms with Crippen LogP contribution in [0.4, 0.5) is 5.69 Å². The summed E-state index contributed by atoms with van der Waals surface area (Å²) in [7, 11) is 1.51. The summed E-state index contributed by atoms with van der Waals surface area (Å²) in [6.45, 7) is 1.49. The second kappa shape index (κ2) is 7.61. The van der Waals surface area contributed by atoms with Gasteiger partial charge >= 0.3 is 11.8 Å². The van der Waals surface area contributed by atoms with Crippen molar-refractivity contribution >= 4 is 17.5 Å². The molecule has 2 rings (SSSR count). The van der Waals surface area contributed by atoms with E-state index in [1.807, 2.05) is 6.07 Å². The second-order valence-corrected chi connectivity index (χ2v) is 5.51. The van der Waals surface area contributed by atoms with Gasteiger partial charge in [0.05, 0.1) is 13.7 Å². The lowest BCUT2D eigenvalue weighted by atomic mass is 9.96. The van der Waals surface area contributed by atoms with Gasteiger partial charge in [0.1, 0.15) is 11.4 Å². The van der Waals surface area contributed by atoms with Crippen LogP contribution >= 0.6 is 0 Å². The molecule has 2 amide bonds. The van der Waals surface area contributed by atoms with E-state index in [2.05, 4.69) is 10.6 Å². The number of rotatable bonds is 5. The standard InChI is InChI=1S/C18H20N2O4/c1-18(23,13-7-4-3-5-8-13)12-19-16(21)17(22)20-14-9-6-10-15(11-14)24-2/h3-11,23H,12H2,1-2H3,(H,19,21)(H,20,22). The molecule has 0 spiro atoms. The summed E-state index contributed by atoms with van der Waals surface area (Å²) in [6.07, 6.45) is 0. The van der Waals surface area contributed by atoms with Crippen LogP contribution in [0.1, 0.15) is 12.5 Å². The quantitative estimate of drug-likeness (QED) is 0.729. The number of amides is 2. The molecule has 1 atom stereocenters. The molecule has 0 fully saturated rings. The molecule has 0 aliphatic heterocycles. The van der Waals surface area contributed by atoms with Gasteiger partial charge in [-0.15, -0.1) is 0 Å². The van der Waals surface area contributed by atoms with E-state index in [1.165, 1.54) is 7.11 Å². The van der Waals surface area contributed by atoms with E-state index in [-0.39, 0.29) is 6.54 Å². The van der Waals surface area contributed by atoms with E-state index in [0.29, 0.717) is 17.0 Å². The predicted molar refractivity (Wildman–Crippen MR) is 90.6 cm³/mol. The number of anilines is 1. The zero-order valence-electron chi connectivity index (χ0n) is 13.6. The Kier molecular flexibility index (Phi) is 5.55. The molecule has 0 heterocycles. The number of aliphatic hydroxyl groups is 1. The Morgan fingerprint density at radius 3 is 2.46 bits per heavy atom. The van der Waals surface area contributed by atoms with Gasteiger partial charge in [0.2, 0.25) is 0 Å². The minimum absolute atomic E-state index is 0.0820. The number of methoxy groups -OCH3 is 1. The van der Waals surface area contributed by atoms with Crippen LogP contribution in [0.5, 0.6) is 5.75 Å². The van der Waals surface area contributed by atoms with Crippen molar-refractivity contribution in [2.45, 2.75) is 12.5 Å². The number of carbonyl (C=O) groups is 2. The van der Waals surface area contributed by atoms with Crippen LogP contribution in [-0.4, -0.2) is 30.6 Å². The maximum Gasteiger partial charge on any atom is 0.313 e. The first kappa shape index (κ1) is 17.5. The molecule has 3 N–H and O–H groups in total. The first-order valence-electron chi connectivity index (χ1n) is 7.43. The zero-order valence-corrected chi connectivity index (χ0v) is 13.6. The van der Waals surface area contributed by atoms with E-state index in [0.717, 1.165) is 0 Å². The molecule has 6 nitrogen and oxygen atoms in total. The van der Waals surface area contributed by atoms with Crippen LogP contribution < -0.4 is 15.4 Å². The van der Waals surface area contributed by atoms with Crippen LogP contribution in [0.15, 0.2) is 54.6 Å². The molecule has 2 aromatic carbocycles. The van der Waals surface area contributed by atoms with E-state index < -0.39 is 17.4 Å². The second-order valence-electron chi connectivity index (χ2n) is 5.51. The van der Waals surface area contributed by atoms with E-state index in [9.17, 15) is 14.7 Å². The van der Waals surface area contributed by atoms with Crippen molar-refractivity contribution in [1.82, 2.24) is 5.32 Å². The van der Waals surface area contributed by atoms with Crippen molar-refractivity contribution in [2.75, 3.05) is 19.0 Å². The average molecular weight is 328 g/mol. The number of nitrogens with one attached hydrogen (secondary N) is 2. The number of hydrogen-bond donors (Lipinski definition) is 3. The highest BCUT2D eigenvalue weighted by molar-refractivity contribution is 6.39. The van der Waals surface area contributed by atoms with Gasteiger partial charge in [0, 0.05) is 11.8 Å². The van der Waals surface area contributed by atoms with Gasteiger partial charge in [0.25, 0.3) is 0 Å². The van der Waals surface area contributed by atoms with Crippen molar-refractivity contribution in [1.29, 1.82) is 0 Å². The smallest absolute Gasteiger partial charge is 0.313 e.